The van der Waals surface area contributed by atoms with Crippen molar-refractivity contribution in [3.8, 4) is 22.3 Å². The van der Waals surface area contributed by atoms with Crippen LogP contribution in [0.25, 0.3) is 34.4 Å². The highest BCUT2D eigenvalue weighted by Gasteiger charge is 2.24. The Balaban J connectivity index is 1.02. The summed E-state index contributed by atoms with van der Waals surface area (Å²) >= 11 is 0. The molecular formula is C70H86N8O6S2. The van der Waals surface area contributed by atoms with Crippen LogP contribution in [0.1, 0.15) is 128 Å². The van der Waals surface area contributed by atoms with Gasteiger partial charge < -0.3 is 39.0 Å². The van der Waals surface area contributed by atoms with Crippen LogP contribution in [0.3, 0.4) is 0 Å². The average Bonchev–Trinajstić information content (AvgIpc) is 1.81. The van der Waals surface area contributed by atoms with Crippen molar-refractivity contribution in [2.45, 2.75) is 141 Å². The number of benzene rings is 5. The molecule has 0 aliphatic carbocycles. The minimum Gasteiger partial charge on any atom is -0.371 e. The van der Waals surface area contributed by atoms with Crippen LogP contribution >= 0.6 is 0 Å². The highest BCUT2D eigenvalue weighted by Crippen LogP contribution is 2.39. The fraction of sp³-hybridized carbons (Fsp3) is 0.400. The Morgan fingerprint density at radius 3 is 1.55 bits per heavy atom. The number of carbonyl (C=O) groups is 2. The Hall–Kier alpha value is -7.24. The number of fused-ring (bicyclic) bond motifs is 2. The van der Waals surface area contributed by atoms with Crippen molar-refractivity contribution < 1.29 is 27.5 Å². The molecule has 0 bridgehead atoms. The van der Waals surface area contributed by atoms with Gasteiger partial charge in [-0.15, -0.1) is 0 Å². The first kappa shape index (κ1) is 63.3. The van der Waals surface area contributed by atoms with Crippen molar-refractivity contribution in [3.63, 3.8) is 0 Å². The second-order valence-corrected chi connectivity index (χ2v) is 26.4. The van der Waals surface area contributed by atoms with E-state index >= 15 is 0 Å². The van der Waals surface area contributed by atoms with E-state index in [0.717, 1.165) is 140 Å². The minimum absolute atomic E-state index is 0.159. The van der Waals surface area contributed by atoms with Gasteiger partial charge in [-0.3, -0.25) is 18.0 Å². The molecule has 2 N–H and O–H groups in total. The summed E-state index contributed by atoms with van der Waals surface area (Å²) in [7, 11) is -2.55. The number of amides is 2. The van der Waals surface area contributed by atoms with Gasteiger partial charge in [0.1, 0.15) is 6.79 Å². The number of nitrogens with one attached hydrogen (secondary N) is 2. The van der Waals surface area contributed by atoms with Gasteiger partial charge in [0, 0.05) is 102 Å². The van der Waals surface area contributed by atoms with Gasteiger partial charge in [-0.2, -0.15) is 0 Å². The van der Waals surface area contributed by atoms with Crippen molar-refractivity contribution in [2.75, 3.05) is 60.0 Å². The molecule has 2 aromatic heterocycles. The van der Waals surface area contributed by atoms with Crippen LogP contribution in [-0.4, -0.2) is 78.9 Å². The molecule has 4 heterocycles. The van der Waals surface area contributed by atoms with Gasteiger partial charge in [0.15, 0.2) is 0 Å². The zero-order chi connectivity index (χ0) is 60.5. The van der Waals surface area contributed by atoms with E-state index < -0.39 is 21.6 Å². The summed E-state index contributed by atoms with van der Waals surface area (Å²) in [6, 6.07) is 34.4. The first-order valence-corrected chi connectivity index (χ1v) is 33.5. The second-order valence-electron chi connectivity index (χ2n) is 23.5. The highest BCUT2D eigenvalue weighted by molar-refractivity contribution is 7.84. The molecule has 0 saturated carbocycles. The normalized spacial score (nSPS) is 14.9. The van der Waals surface area contributed by atoms with Gasteiger partial charge in [-0.25, -0.2) is 9.97 Å². The topological polar surface area (TPSA) is 153 Å². The van der Waals surface area contributed by atoms with Crippen LogP contribution in [0.5, 0.6) is 0 Å². The van der Waals surface area contributed by atoms with Crippen molar-refractivity contribution in [3.05, 3.63) is 167 Å². The van der Waals surface area contributed by atoms with Crippen molar-refractivity contribution in [2.24, 2.45) is 11.8 Å². The standard InChI is InChI=1S/C70H86N8O6S2/c1-8-11-34-83-49-84-44-57-17-16-53(52-18-28-67-58(35-52)37-55(14-12-32-75(67)42-50(4)5)69(79)73-60-20-24-64(25-21-60)85(81)45-62-40-71-47-77(62)30-9-2)39-66(57)54-19-29-68-59(36-54)38-56(15-13-33-76(68)43-51(6)7)70(80)74-61-22-26-65(27-23-61)86(82)46-63-41-72-48-78(63)31-10-3/h16-29,35-41,47-48,50-51H,8-15,30-34,42-46,49H2,1-7H3,(H,73,79)(H,74,80)/b55-37?,56-38+. The molecule has 0 spiro atoms. The summed E-state index contributed by atoms with van der Waals surface area (Å²) in [5.74, 6) is 1.26. The molecular weight excluding hydrogens is 1110 g/mol. The molecule has 2 aliphatic rings. The van der Waals surface area contributed by atoms with Crippen molar-refractivity contribution in [1.82, 2.24) is 19.1 Å². The molecule has 2 amide bonds. The molecule has 2 unspecified atom stereocenters. The fourth-order valence-corrected chi connectivity index (χ4v) is 13.5. The summed E-state index contributed by atoms with van der Waals surface area (Å²) in [6.07, 6.45) is 18.0. The second kappa shape index (κ2) is 30.9. The number of ether oxygens (including phenoxy) is 2. The fourth-order valence-electron chi connectivity index (χ4n) is 11.3. The smallest absolute Gasteiger partial charge is 0.251 e. The number of aromatic nitrogens is 4. The van der Waals surface area contributed by atoms with Gasteiger partial charge in [-0.1, -0.05) is 79.2 Å². The molecule has 16 heteroatoms. The van der Waals surface area contributed by atoms with E-state index in [4.69, 9.17) is 9.47 Å². The van der Waals surface area contributed by atoms with Crippen LogP contribution in [-0.2, 0) is 71.9 Å². The average molecular weight is 1200 g/mol. The molecule has 2 atom stereocenters. The molecule has 454 valence electrons. The summed E-state index contributed by atoms with van der Waals surface area (Å²) in [6.45, 7) is 21.5. The predicted molar refractivity (Wildman–Crippen MR) is 352 cm³/mol. The van der Waals surface area contributed by atoms with Gasteiger partial charge in [0.05, 0.1) is 63.8 Å². The van der Waals surface area contributed by atoms with Crippen LogP contribution in [0.15, 0.2) is 149 Å². The zero-order valence-corrected chi connectivity index (χ0v) is 53.0. The zero-order valence-electron chi connectivity index (χ0n) is 51.3. The first-order valence-electron chi connectivity index (χ1n) is 30.8. The van der Waals surface area contributed by atoms with Crippen LogP contribution in [0.4, 0.5) is 22.7 Å². The maximum absolute atomic E-state index is 14.4. The number of imidazole rings is 2. The summed E-state index contributed by atoms with van der Waals surface area (Å²) < 4.78 is 43.1. The maximum atomic E-state index is 14.4. The third-order valence-corrected chi connectivity index (χ3v) is 18.3. The Bertz CT molecular complexity index is 3530. The SMILES string of the molecule is CCCCOCOCc1ccc(-c2ccc3c(c2)C=C(C(=O)Nc2ccc(S(=O)Cc4cncn4CCC)cc2)CCCN3CC(C)C)cc1-c1ccc2c(c1)/C=C(/C(=O)Nc1ccc(S(=O)Cc3cncn3CCC)cc1)CCCN2CC(C)C. The van der Waals surface area contributed by atoms with Crippen molar-refractivity contribution >= 4 is 68.3 Å². The minimum atomic E-state index is -1.27. The lowest BCUT2D eigenvalue weighted by Gasteiger charge is -2.31. The molecule has 2 aliphatic heterocycles. The van der Waals surface area contributed by atoms with Gasteiger partial charge in [0.2, 0.25) is 0 Å². The largest absolute Gasteiger partial charge is 0.371 e. The Labute approximate surface area is 514 Å². The van der Waals surface area contributed by atoms with Gasteiger partial charge in [-0.05, 0) is 187 Å². The number of hydrogen-bond donors (Lipinski definition) is 2. The van der Waals surface area contributed by atoms with E-state index in [1.54, 1.807) is 25.0 Å². The van der Waals surface area contributed by atoms with E-state index in [-0.39, 0.29) is 18.6 Å². The molecule has 86 heavy (non-hydrogen) atoms. The number of hydrogen-bond acceptors (Lipinski definition) is 10. The summed E-state index contributed by atoms with van der Waals surface area (Å²) in [5.41, 5.74) is 13.7. The molecule has 5 aromatic carbocycles. The molecule has 0 saturated heterocycles. The third-order valence-electron chi connectivity index (χ3n) is 15.6. The first-order chi connectivity index (χ1) is 41.8. The van der Waals surface area contributed by atoms with Crippen LogP contribution < -0.4 is 20.4 Å². The lowest BCUT2D eigenvalue weighted by molar-refractivity contribution is -0.113. The van der Waals surface area contributed by atoms with E-state index in [1.165, 1.54) is 0 Å². The quantitative estimate of drug-likeness (QED) is 0.0376. The molecule has 14 nitrogen and oxygen atoms in total. The van der Waals surface area contributed by atoms with E-state index in [0.29, 0.717) is 81.7 Å². The highest BCUT2D eigenvalue weighted by atomic mass is 32.2. The monoisotopic (exact) mass is 1200 g/mol. The van der Waals surface area contributed by atoms with E-state index in [9.17, 15) is 18.0 Å². The maximum Gasteiger partial charge on any atom is 0.251 e. The van der Waals surface area contributed by atoms with E-state index in [1.807, 2.05) is 48.5 Å². The van der Waals surface area contributed by atoms with Crippen LogP contribution in [0.2, 0.25) is 0 Å². The Morgan fingerprint density at radius 2 is 1.06 bits per heavy atom. The lowest BCUT2D eigenvalue weighted by atomic mass is 9.91. The molecule has 7 aromatic rings. The Kier molecular flexibility index (Phi) is 22.7. The molecule has 0 radical (unpaired) electrons. The predicted octanol–water partition coefficient (Wildman–Crippen LogP) is 14.7. The van der Waals surface area contributed by atoms with Crippen LogP contribution in [0, 0.1) is 11.8 Å². The number of rotatable bonds is 27. The number of unbranched alkanes of at least 4 members (excludes halogenated alkanes) is 1. The van der Waals surface area contributed by atoms with Gasteiger partial charge >= 0.3 is 0 Å². The van der Waals surface area contributed by atoms with Gasteiger partial charge in [0.25, 0.3) is 11.8 Å². The number of anilines is 4. The molecule has 0 fully saturated rings. The Morgan fingerprint density at radius 1 is 0.581 bits per heavy atom. The summed E-state index contributed by atoms with van der Waals surface area (Å²) in [5, 5.41) is 6.33. The lowest BCUT2D eigenvalue weighted by Crippen LogP contribution is -2.30. The number of carbonyl (C=O) groups excluding carboxylic acids is 2. The third kappa shape index (κ3) is 16.8. The van der Waals surface area contributed by atoms with Crippen molar-refractivity contribution in [1.29, 1.82) is 0 Å². The number of aryl methyl sites for hydroxylation is 2. The van der Waals surface area contributed by atoms with E-state index in [2.05, 4.69) is 155 Å². The number of nitrogens with zero attached hydrogens (tertiary/aromatic N) is 6. The molecule has 9 rings (SSSR count). The summed E-state index contributed by atoms with van der Waals surface area (Å²) in [4.78, 5) is 43.5.